The Balaban J connectivity index is 0.000000680. The molecular formula is C100H164N8O9. The van der Waals surface area contributed by atoms with E-state index >= 15 is 0 Å². The van der Waals surface area contributed by atoms with Gasteiger partial charge < -0.3 is 44.4 Å². The van der Waals surface area contributed by atoms with Gasteiger partial charge in [0.25, 0.3) is 0 Å². The Morgan fingerprint density at radius 3 is 1.26 bits per heavy atom. The highest BCUT2D eigenvalue weighted by molar-refractivity contribution is 5.90. The molecule has 1 N–H and O–H groups in total. The van der Waals surface area contributed by atoms with Crippen molar-refractivity contribution in [2.24, 2.45) is 17.8 Å². The maximum absolute atomic E-state index is 12.1. The molecule has 2 saturated heterocycles. The van der Waals surface area contributed by atoms with E-state index in [0.717, 1.165) is 114 Å². The summed E-state index contributed by atoms with van der Waals surface area (Å²) in [7, 11) is 1.78. The molecule has 2 aliphatic heterocycles. The minimum absolute atomic E-state index is 0.00306. The van der Waals surface area contributed by atoms with Gasteiger partial charge in [0.1, 0.15) is 0 Å². The van der Waals surface area contributed by atoms with E-state index in [2.05, 4.69) is 103 Å². The highest BCUT2D eigenvalue weighted by Gasteiger charge is 2.54. The monoisotopic (exact) mass is 1620 g/mol. The normalized spacial score (nSPS) is 17.4. The van der Waals surface area contributed by atoms with Crippen molar-refractivity contribution in [1.82, 2.24) is 39.6 Å². The van der Waals surface area contributed by atoms with E-state index in [9.17, 15) is 38.4 Å². The van der Waals surface area contributed by atoms with E-state index in [1.165, 1.54) is 253 Å². The Labute approximate surface area is 712 Å². The van der Waals surface area contributed by atoms with Crippen LogP contribution in [0.1, 0.15) is 303 Å². The van der Waals surface area contributed by atoms with Crippen molar-refractivity contribution in [2.45, 2.75) is 310 Å². The number of rotatable bonds is 43. The molecule has 5 saturated carbocycles. The topological polar surface area (TPSA) is 180 Å². The number of likely N-dealkylation sites (N-methyl/N-ethyl adjacent to an activating group) is 3. The number of nitrogens with zero attached hydrogens (tertiary/aromatic N) is 7. The number of amides is 8. The second-order valence-corrected chi connectivity index (χ2v) is 32.2. The van der Waals surface area contributed by atoms with Crippen LogP contribution in [-0.2, 0) is 49.6 Å². The van der Waals surface area contributed by atoms with Crippen LogP contribution in [0.3, 0.4) is 0 Å². The predicted molar refractivity (Wildman–Crippen MR) is 490 cm³/mol. The first-order valence-corrected chi connectivity index (χ1v) is 45.6. The molecular weight excluding hydrogens is 1460 g/mol. The van der Waals surface area contributed by atoms with Crippen LogP contribution in [0.15, 0.2) is 162 Å². The summed E-state index contributed by atoms with van der Waals surface area (Å²) in [5.74, 6) is 2.98. The molecule has 7 fully saturated rings. The van der Waals surface area contributed by atoms with Gasteiger partial charge in [-0.2, -0.15) is 0 Å². The van der Waals surface area contributed by atoms with Gasteiger partial charge in [0.2, 0.25) is 47.3 Å². The molecule has 1 atom stereocenters. The number of ether oxygens (including phenoxy) is 1. The Morgan fingerprint density at radius 2 is 0.855 bits per heavy atom. The average molecular weight is 1620 g/mol. The summed E-state index contributed by atoms with van der Waals surface area (Å²) >= 11 is 0. The quantitative estimate of drug-likeness (QED) is 0.0499. The summed E-state index contributed by atoms with van der Waals surface area (Å²) in [6.45, 7) is 52.8. The predicted octanol–water partition coefficient (Wildman–Crippen LogP) is 21.5. The number of hydrogen-bond donors (Lipinski definition) is 1. The first-order valence-electron chi connectivity index (χ1n) is 45.6. The van der Waals surface area contributed by atoms with Crippen molar-refractivity contribution >= 4 is 47.3 Å². The van der Waals surface area contributed by atoms with Gasteiger partial charge in [0.15, 0.2) is 0 Å². The van der Waals surface area contributed by atoms with Crippen LogP contribution in [-0.4, -0.2) is 179 Å². The third-order valence-electron chi connectivity index (χ3n) is 23.3. The smallest absolute Gasteiger partial charge is 0.246 e. The minimum atomic E-state index is -0.0543. The van der Waals surface area contributed by atoms with E-state index in [4.69, 9.17) is 4.74 Å². The van der Waals surface area contributed by atoms with Crippen LogP contribution < -0.4 is 5.32 Å². The van der Waals surface area contributed by atoms with Gasteiger partial charge >= 0.3 is 0 Å². The molecule has 0 radical (unpaired) electrons. The van der Waals surface area contributed by atoms with Crippen molar-refractivity contribution in [3.05, 3.63) is 173 Å². The van der Waals surface area contributed by atoms with E-state index in [1.54, 1.807) is 21.7 Å². The molecule has 9 rings (SSSR count). The first-order chi connectivity index (χ1) is 56.6. The number of nitrogens with one attached hydrogen (secondary N) is 1. The zero-order chi connectivity index (χ0) is 86.7. The average Bonchev–Trinajstić information content (AvgIpc) is 0.736. The summed E-state index contributed by atoms with van der Waals surface area (Å²) in [5, 5.41) is 2.82. The minimum Gasteiger partial charge on any atom is -0.378 e. The third-order valence-corrected chi connectivity index (χ3v) is 23.3. The number of carbonyl (C=O) groups is 8. The number of likely N-dealkylation sites (tertiary alicyclic amines) is 1. The molecule has 17 nitrogen and oxygen atoms in total. The Bertz CT molecular complexity index is 3010. The van der Waals surface area contributed by atoms with Crippen molar-refractivity contribution < 1.29 is 43.1 Å². The molecule has 5 aliphatic carbocycles. The van der Waals surface area contributed by atoms with Gasteiger partial charge in [0.05, 0.1) is 19.3 Å². The standard InChI is InChI=1S/C21H41NO.C17H25NO.C15H23NO.C13H23NO.C12H15NO.C8H13NO.C7H11NO2.C7H13NO/c1-3-5-6-7-8-9-10-11-12-13-14-15-16-17-18-19-20-22-21(23)4-2;1-3-5-6-7-11-14-18(17(19)4-2)15-16-12-9-8-10-13-16;1-3-14(17)16(4-2)15-8-11-5-12(9-15)7-13(6-11)10-15;1-3-5-11-14(13(15)4-2)12-9-7-6-8-10-12;1-4-12(14)13(3)10(2)11-8-6-5-7-9-11;1-2-8(10)9-6-4-3-5-7-9;1-2-7(9)8-3-5-10-6-4-8;1-4-7(9)8(5-2)6-3/h4H,2-3,5-20H2,1H3,(H,22,23);4,8-10,12-13H,2-3,5-7,11,14-15H2,1H3;3,11-13H,1,4-10H2,2H3;4,12H,2-3,5-11H2,1H3;4-10H,1H2,2-3H3;2H,1,3-7H2;2H,1,3-6H2;4H,1,5-6H2,2-3H3. The van der Waals surface area contributed by atoms with Gasteiger partial charge in [-0.25, -0.2) is 0 Å². The molecule has 8 amide bonds. The number of piperidine rings is 1. The molecule has 2 heterocycles. The van der Waals surface area contributed by atoms with Crippen molar-refractivity contribution in [1.29, 1.82) is 0 Å². The lowest BCUT2D eigenvalue weighted by atomic mass is 9.52. The van der Waals surface area contributed by atoms with Crippen molar-refractivity contribution in [2.75, 3.05) is 85.7 Å². The highest BCUT2D eigenvalue weighted by Crippen LogP contribution is 2.58. The number of carbonyl (C=O) groups excluding carboxylic acids is 8. The molecule has 0 spiro atoms. The number of unbranched alkanes of at least 4 members (excludes halogenated alkanes) is 20. The first kappa shape index (κ1) is 107. The maximum Gasteiger partial charge on any atom is 0.246 e. The highest BCUT2D eigenvalue weighted by atomic mass is 16.5. The van der Waals surface area contributed by atoms with Crippen molar-refractivity contribution in [3.63, 3.8) is 0 Å². The zero-order valence-corrected chi connectivity index (χ0v) is 75.1. The van der Waals surface area contributed by atoms with Crippen LogP contribution in [0, 0.1) is 17.8 Å². The summed E-state index contributed by atoms with van der Waals surface area (Å²) in [4.78, 5) is 104. The molecule has 1 unspecified atom stereocenters. The fourth-order valence-electron chi connectivity index (χ4n) is 16.7. The lowest BCUT2D eigenvalue weighted by Gasteiger charge is -2.60. The second kappa shape index (κ2) is 68.9. The fourth-order valence-corrected chi connectivity index (χ4v) is 16.7. The largest absolute Gasteiger partial charge is 0.378 e. The Morgan fingerprint density at radius 1 is 0.444 bits per heavy atom. The van der Waals surface area contributed by atoms with Gasteiger partial charge in [-0.15, -0.1) is 0 Å². The van der Waals surface area contributed by atoms with Gasteiger partial charge in [-0.1, -0.05) is 282 Å². The summed E-state index contributed by atoms with van der Waals surface area (Å²) < 4.78 is 5.07. The molecule has 4 bridgehead atoms. The van der Waals surface area contributed by atoms with E-state index in [0.29, 0.717) is 38.9 Å². The molecule has 658 valence electrons. The van der Waals surface area contributed by atoms with E-state index < -0.39 is 0 Å². The zero-order valence-electron chi connectivity index (χ0n) is 75.1. The Hall–Kier alpha value is -7.92. The number of benzene rings is 2. The molecule has 117 heavy (non-hydrogen) atoms. The van der Waals surface area contributed by atoms with Gasteiger partial charge in [-0.3, -0.25) is 38.4 Å². The van der Waals surface area contributed by atoms with E-state index in [1.807, 2.05) is 84.0 Å². The van der Waals surface area contributed by atoms with Crippen LogP contribution in [0.5, 0.6) is 0 Å². The molecule has 7 aliphatic rings. The SMILES string of the molecule is C=CC(=O)N(C)C(C)c1ccccc1.C=CC(=O)N(CC)C12CC3CC(CC(C3)C1)C2.C=CC(=O)N(CC)CC.C=CC(=O)N(CCCC)C1CCCCC1.C=CC(=O)N(CCCCCCC)Cc1ccccc1.C=CC(=O)N1CCCCC1.C=CC(=O)N1CCOCC1.C=CC(=O)NCCCCCCCCCCCCCCCCCC. The summed E-state index contributed by atoms with van der Waals surface area (Å²) in [6, 6.07) is 20.6. The van der Waals surface area contributed by atoms with Gasteiger partial charge in [0, 0.05) is 90.6 Å². The lowest BCUT2D eigenvalue weighted by Crippen LogP contribution is -2.61. The summed E-state index contributed by atoms with van der Waals surface area (Å²) in [5.41, 5.74) is 2.51. The molecule has 2 aromatic rings. The number of morpholine rings is 1. The summed E-state index contributed by atoms with van der Waals surface area (Å²) in [6.07, 6.45) is 59.4. The molecule has 0 aromatic heterocycles. The Kier molecular flexibility index (Phi) is 63.1. The van der Waals surface area contributed by atoms with Crippen LogP contribution in [0.25, 0.3) is 0 Å². The molecule has 2 aromatic carbocycles. The van der Waals surface area contributed by atoms with Crippen LogP contribution in [0.2, 0.25) is 0 Å². The second-order valence-electron chi connectivity index (χ2n) is 32.2. The third kappa shape index (κ3) is 46.9. The van der Waals surface area contributed by atoms with Crippen LogP contribution >= 0.6 is 0 Å². The van der Waals surface area contributed by atoms with Crippen molar-refractivity contribution in [3.8, 4) is 0 Å². The lowest BCUT2D eigenvalue weighted by molar-refractivity contribution is -0.145. The van der Waals surface area contributed by atoms with Crippen LogP contribution in [0.4, 0.5) is 0 Å². The number of hydrogen-bond acceptors (Lipinski definition) is 9. The maximum atomic E-state index is 12.1. The molecule has 17 heteroatoms. The fraction of sp³-hybridized carbons (Fsp3) is 0.640. The van der Waals surface area contributed by atoms with E-state index in [-0.39, 0.29) is 58.8 Å². The van der Waals surface area contributed by atoms with Gasteiger partial charge in [-0.05, 0) is 195 Å².